The third-order valence-corrected chi connectivity index (χ3v) is 7.19. The van der Waals surface area contributed by atoms with Crippen molar-refractivity contribution in [2.45, 2.75) is 91.2 Å². The molecular formula is C31H39NO4. The number of carbonyl (C=O) groups excluding carboxylic acids is 2. The number of hydrogen-bond donors (Lipinski definition) is 0. The van der Waals surface area contributed by atoms with Gasteiger partial charge in [0, 0.05) is 16.6 Å². The van der Waals surface area contributed by atoms with Crippen LogP contribution in [0, 0.1) is 0 Å². The Balaban J connectivity index is 2.03. The van der Waals surface area contributed by atoms with Crippen LogP contribution < -0.4 is 0 Å². The third kappa shape index (κ3) is 5.07. The molecule has 5 nitrogen and oxygen atoms in total. The Bertz CT molecular complexity index is 1260. The highest BCUT2D eigenvalue weighted by Gasteiger charge is 2.31. The van der Waals surface area contributed by atoms with E-state index in [-0.39, 0.29) is 11.9 Å². The van der Waals surface area contributed by atoms with Crippen molar-refractivity contribution < 1.29 is 19.1 Å². The van der Waals surface area contributed by atoms with Gasteiger partial charge in [-0.3, -0.25) is 0 Å². The fourth-order valence-corrected chi connectivity index (χ4v) is 5.72. The SMILES string of the molecule is C/C=C\C1=C(CC)c2c(C3CCCCC3)c3ccc(C(=O)OC(C)(C)C)cc3n2CC(C(=O)OC)=C1. The lowest BCUT2D eigenvalue weighted by molar-refractivity contribution is -0.136. The maximum absolute atomic E-state index is 13.0. The summed E-state index contributed by atoms with van der Waals surface area (Å²) in [6, 6.07) is 5.92. The molecule has 0 atom stereocenters. The van der Waals surface area contributed by atoms with E-state index in [1.54, 1.807) is 0 Å². The molecule has 0 radical (unpaired) electrons. The molecule has 36 heavy (non-hydrogen) atoms. The average molecular weight is 490 g/mol. The van der Waals surface area contributed by atoms with Crippen LogP contribution in [0.15, 0.2) is 47.6 Å². The van der Waals surface area contributed by atoms with Gasteiger partial charge in [-0.1, -0.05) is 44.4 Å². The van der Waals surface area contributed by atoms with E-state index in [2.05, 4.69) is 23.6 Å². The van der Waals surface area contributed by atoms with E-state index < -0.39 is 5.60 Å². The lowest BCUT2D eigenvalue weighted by atomic mass is 9.81. The zero-order chi connectivity index (χ0) is 26.0. The Labute approximate surface area is 214 Å². The summed E-state index contributed by atoms with van der Waals surface area (Å²) in [5.74, 6) is -0.208. The molecule has 1 fully saturated rings. The monoisotopic (exact) mass is 489 g/mol. The van der Waals surface area contributed by atoms with Crippen LogP contribution in [0.2, 0.25) is 0 Å². The van der Waals surface area contributed by atoms with Gasteiger partial charge in [0.25, 0.3) is 0 Å². The smallest absolute Gasteiger partial charge is 0.338 e. The number of hydrogen-bond acceptors (Lipinski definition) is 4. The molecule has 4 rings (SSSR count). The van der Waals surface area contributed by atoms with E-state index in [1.165, 1.54) is 48.6 Å². The molecule has 1 saturated carbocycles. The number of rotatable bonds is 5. The van der Waals surface area contributed by atoms with E-state index in [0.29, 0.717) is 23.6 Å². The average Bonchev–Trinajstić information content (AvgIpc) is 3.06. The molecule has 0 N–H and O–H groups in total. The number of benzene rings is 1. The number of esters is 2. The van der Waals surface area contributed by atoms with E-state index in [4.69, 9.17) is 9.47 Å². The first-order valence-corrected chi connectivity index (χ1v) is 13.2. The van der Waals surface area contributed by atoms with Crippen LogP contribution in [0.5, 0.6) is 0 Å². The zero-order valence-corrected chi connectivity index (χ0v) is 22.6. The van der Waals surface area contributed by atoms with Crippen molar-refractivity contribution in [3.8, 4) is 0 Å². The molecule has 0 amide bonds. The van der Waals surface area contributed by atoms with E-state index in [1.807, 2.05) is 52.0 Å². The van der Waals surface area contributed by atoms with Crippen LogP contribution in [0.3, 0.4) is 0 Å². The predicted octanol–water partition coefficient (Wildman–Crippen LogP) is 7.50. The number of carbonyl (C=O) groups is 2. The van der Waals surface area contributed by atoms with Crippen molar-refractivity contribution in [3.05, 3.63) is 64.4 Å². The van der Waals surface area contributed by atoms with Crippen LogP contribution >= 0.6 is 0 Å². The van der Waals surface area contributed by atoms with Gasteiger partial charge in [-0.25, -0.2) is 9.59 Å². The maximum Gasteiger partial charge on any atom is 0.338 e. The first-order chi connectivity index (χ1) is 17.2. The number of methoxy groups -OCH3 is 1. The zero-order valence-electron chi connectivity index (χ0n) is 22.6. The molecule has 1 aliphatic carbocycles. The van der Waals surface area contributed by atoms with Gasteiger partial charge in [0.2, 0.25) is 0 Å². The van der Waals surface area contributed by atoms with Gasteiger partial charge >= 0.3 is 11.9 Å². The van der Waals surface area contributed by atoms with Gasteiger partial charge in [0.1, 0.15) is 5.60 Å². The number of allylic oxidation sites excluding steroid dienone is 5. The second-order valence-corrected chi connectivity index (χ2v) is 10.9. The van der Waals surface area contributed by atoms with E-state index in [9.17, 15) is 9.59 Å². The van der Waals surface area contributed by atoms with Crippen LogP contribution in [-0.2, 0) is 20.8 Å². The standard InChI is InChI=1S/C31H39NO4/c1-7-12-21-17-23(29(33)35-6)19-32-26-18-22(30(34)36-31(3,4)5)15-16-25(26)27(28(32)24(21)8-2)20-13-10-9-11-14-20/h7,12,15-18,20H,8-11,13-14,19H2,1-6H3/b12-7-. The van der Waals surface area contributed by atoms with Gasteiger partial charge in [-0.05, 0) is 87.8 Å². The topological polar surface area (TPSA) is 57.5 Å². The molecule has 0 unspecified atom stereocenters. The van der Waals surface area contributed by atoms with Crippen LogP contribution in [0.4, 0.5) is 0 Å². The van der Waals surface area contributed by atoms with Gasteiger partial charge in [0.05, 0.1) is 24.8 Å². The number of nitrogens with zero attached hydrogens (tertiary/aromatic N) is 1. The molecule has 0 bridgehead atoms. The van der Waals surface area contributed by atoms with Crippen molar-refractivity contribution in [3.63, 3.8) is 0 Å². The predicted molar refractivity (Wildman–Crippen MR) is 145 cm³/mol. The number of aromatic nitrogens is 1. The van der Waals surface area contributed by atoms with Crippen molar-refractivity contribution in [1.82, 2.24) is 4.57 Å². The summed E-state index contributed by atoms with van der Waals surface area (Å²) in [5.41, 5.74) is 6.35. The quantitative estimate of drug-likeness (QED) is 0.408. The molecule has 2 aliphatic rings. The molecule has 192 valence electrons. The van der Waals surface area contributed by atoms with Crippen LogP contribution in [-0.4, -0.2) is 29.2 Å². The first-order valence-electron chi connectivity index (χ1n) is 13.2. The minimum absolute atomic E-state index is 0.329. The van der Waals surface area contributed by atoms with E-state index >= 15 is 0 Å². The summed E-state index contributed by atoms with van der Waals surface area (Å²) in [6.07, 6.45) is 13.0. The minimum Gasteiger partial charge on any atom is -0.466 e. The molecule has 0 saturated heterocycles. The highest BCUT2D eigenvalue weighted by atomic mass is 16.6. The summed E-state index contributed by atoms with van der Waals surface area (Å²) in [5, 5.41) is 1.17. The maximum atomic E-state index is 13.0. The summed E-state index contributed by atoms with van der Waals surface area (Å²) in [7, 11) is 1.43. The van der Waals surface area contributed by atoms with Crippen molar-refractivity contribution in [2.75, 3.05) is 7.11 Å². The van der Waals surface area contributed by atoms with Gasteiger partial charge < -0.3 is 14.0 Å². The molecular weight excluding hydrogens is 450 g/mol. The Morgan fingerprint density at radius 3 is 2.44 bits per heavy atom. The Morgan fingerprint density at radius 1 is 1.11 bits per heavy atom. The number of ether oxygens (including phenoxy) is 2. The molecule has 2 heterocycles. The molecule has 5 heteroatoms. The van der Waals surface area contributed by atoms with Crippen LogP contribution in [0.25, 0.3) is 16.5 Å². The second-order valence-electron chi connectivity index (χ2n) is 10.9. The first kappa shape index (κ1) is 26.0. The van der Waals surface area contributed by atoms with Crippen LogP contribution in [0.1, 0.15) is 101 Å². The molecule has 1 aromatic heterocycles. The summed E-state index contributed by atoms with van der Waals surface area (Å²) in [6.45, 7) is 10.2. The Hall–Kier alpha value is -3.08. The van der Waals surface area contributed by atoms with Gasteiger partial charge in [-0.15, -0.1) is 0 Å². The molecule has 1 aromatic carbocycles. The normalized spacial score (nSPS) is 17.2. The second kappa shape index (κ2) is 10.5. The lowest BCUT2D eigenvalue weighted by Crippen LogP contribution is -2.23. The molecule has 1 aliphatic heterocycles. The Kier molecular flexibility index (Phi) is 7.58. The molecule has 2 aromatic rings. The van der Waals surface area contributed by atoms with Gasteiger partial charge in [-0.2, -0.15) is 0 Å². The minimum atomic E-state index is -0.574. The van der Waals surface area contributed by atoms with E-state index in [0.717, 1.165) is 30.4 Å². The highest BCUT2D eigenvalue weighted by molar-refractivity contribution is 6.00. The highest BCUT2D eigenvalue weighted by Crippen LogP contribution is 2.45. The summed E-state index contributed by atoms with van der Waals surface area (Å²) < 4.78 is 13.1. The lowest BCUT2D eigenvalue weighted by Gasteiger charge is -2.24. The van der Waals surface area contributed by atoms with Gasteiger partial charge in [0.15, 0.2) is 0 Å². The summed E-state index contributed by atoms with van der Waals surface area (Å²) in [4.78, 5) is 25.8. The van der Waals surface area contributed by atoms with Crippen molar-refractivity contribution >= 4 is 28.4 Å². The van der Waals surface area contributed by atoms with Crippen molar-refractivity contribution in [1.29, 1.82) is 0 Å². The third-order valence-electron chi connectivity index (χ3n) is 7.19. The number of fused-ring (bicyclic) bond motifs is 3. The largest absolute Gasteiger partial charge is 0.466 e. The fraction of sp³-hybridized carbons (Fsp3) is 0.484. The Morgan fingerprint density at radius 2 is 1.83 bits per heavy atom. The van der Waals surface area contributed by atoms with Crippen molar-refractivity contribution in [2.24, 2.45) is 0 Å². The fourth-order valence-electron chi connectivity index (χ4n) is 5.72. The summed E-state index contributed by atoms with van der Waals surface area (Å²) >= 11 is 0. The molecule has 0 spiro atoms.